The first-order valence-electron chi connectivity index (χ1n) is 11.3. The lowest BCUT2D eigenvalue weighted by molar-refractivity contribution is -0.169. The maximum absolute atomic E-state index is 12.7. The number of likely N-dealkylation sites (tertiary alicyclic amines) is 1. The molecule has 1 heterocycles. The van der Waals surface area contributed by atoms with E-state index >= 15 is 0 Å². The van der Waals surface area contributed by atoms with Crippen LogP contribution >= 0.6 is 0 Å². The molecule has 1 aromatic carbocycles. The van der Waals surface area contributed by atoms with E-state index in [1.54, 1.807) is 0 Å². The van der Waals surface area contributed by atoms with Crippen LogP contribution in [-0.2, 0) is 17.9 Å². The van der Waals surface area contributed by atoms with Crippen molar-refractivity contribution < 1.29 is 9.90 Å². The van der Waals surface area contributed by atoms with Crippen LogP contribution < -0.4 is 5.32 Å². The zero-order chi connectivity index (χ0) is 19.2. The molecule has 0 radical (unpaired) electrons. The van der Waals surface area contributed by atoms with Gasteiger partial charge in [0.25, 0.3) is 0 Å². The van der Waals surface area contributed by atoms with Gasteiger partial charge in [0.2, 0.25) is 5.91 Å². The highest BCUT2D eigenvalue weighted by atomic mass is 16.3. The third-order valence-electron chi connectivity index (χ3n) is 7.80. The summed E-state index contributed by atoms with van der Waals surface area (Å²) in [7, 11) is 0. The third kappa shape index (κ3) is 3.86. The van der Waals surface area contributed by atoms with Gasteiger partial charge < -0.3 is 10.4 Å². The minimum absolute atomic E-state index is 0.0580. The first kappa shape index (κ1) is 18.6. The van der Waals surface area contributed by atoms with E-state index in [-0.39, 0.29) is 11.3 Å². The number of carbonyl (C=O) groups excluding carboxylic acids is 1. The summed E-state index contributed by atoms with van der Waals surface area (Å²) in [5.74, 6) is 1.44. The van der Waals surface area contributed by atoms with Crippen molar-refractivity contribution in [2.45, 2.75) is 76.5 Å². The lowest BCUT2D eigenvalue weighted by Crippen LogP contribution is -2.56. The van der Waals surface area contributed by atoms with E-state index < -0.39 is 5.60 Å². The van der Waals surface area contributed by atoms with Crippen LogP contribution in [0.1, 0.15) is 68.9 Å². The Hall–Kier alpha value is -1.39. The van der Waals surface area contributed by atoms with Crippen molar-refractivity contribution in [2.75, 3.05) is 13.1 Å². The van der Waals surface area contributed by atoms with Crippen molar-refractivity contribution in [3.05, 3.63) is 35.4 Å². The highest BCUT2D eigenvalue weighted by Gasteiger charge is 2.57. The molecular formula is C24H34N2O2. The topological polar surface area (TPSA) is 52.6 Å². The minimum Gasteiger partial charge on any atom is -0.390 e. The molecule has 4 aliphatic carbocycles. The van der Waals surface area contributed by atoms with Crippen LogP contribution in [0, 0.1) is 17.3 Å². The van der Waals surface area contributed by atoms with Crippen molar-refractivity contribution in [1.29, 1.82) is 0 Å². The first-order chi connectivity index (χ1) is 13.5. The number of aliphatic hydroxyl groups is 1. The quantitative estimate of drug-likeness (QED) is 0.790. The van der Waals surface area contributed by atoms with Gasteiger partial charge in [0, 0.05) is 19.5 Å². The second-order valence-corrected chi connectivity index (χ2v) is 10.4. The fraction of sp³-hybridized carbons (Fsp3) is 0.708. The Morgan fingerprint density at radius 3 is 2.32 bits per heavy atom. The molecule has 4 bridgehead atoms. The van der Waals surface area contributed by atoms with Gasteiger partial charge in [-0.2, -0.15) is 0 Å². The number of nitrogens with one attached hydrogen (secondary N) is 1. The Morgan fingerprint density at radius 2 is 1.68 bits per heavy atom. The van der Waals surface area contributed by atoms with Gasteiger partial charge in [0.05, 0.1) is 5.60 Å². The van der Waals surface area contributed by atoms with E-state index in [1.165, 1.54) is 43.5 Å². The van der Waals surface area contributed by atoms with Gasteiger partial charge in [-0.05, 0) is 92.8 Å². The van der Waals surface area contributed by atoms with Crippen LogP contribution in [0.5, 0.6) is 0 Å². The highest BCUT2D eigenvalue weighted by Crippen LogP contribution is 2.62. The number of hydrogen-bond donors (Lipinski definition) is 2. The molecule has 5 aliphatic rings. The third-order valence-corrected chi connectivity index (χ3v) is 7.80. The predicted molar refractivity (Wildman–Crippen MR) is 109 cm³/mol. The SMILES string of the molecule is O=C(CC12C[C@H]3C[C@@H](CC(O)(C3)C1)C2)NCc1ccc(CN2CCCC2)cc1. The van der Waals surface area contributed by atoms with Gasteiger partial charge in [-0.3, -0.25) is 9.69 Å². The molecule has 152 valence electrons. The fourth-order valence-corrected chi connectivity index (χ4v) is 7.17. The number of benzene rings is 1. The van der Waals surface area contributed by atoms with E-state index in [4.69, 9.17) is 0 Å². The standard InChI is InChI=1S/C24H34N2O2/c27-22(14-23-10-20-9-21(11-23)13-24(28,12-20)17-23)25-15-18-3-5-19(6-4-18)16-26-7-1-2-8-26/h3-6,20-21,28H,1-2,7-17H2,(H,25,27)/t20-,21-,23?,24?/m1/s1. The molecule has 1 amide bonds. The second-order valence-electron chi connectivity index (χ2n) is 10.4. The normalized spacial score (nSPS) is 36.8. The smallest absolute Gasteiger partial charge is 0.220 e. The molecule has 0 unspecified atom stereocenters. The number of carbonyl (C=O) groups is 1. The lowest BCUT2D eigenvalue weighted by Gasteiger charge is -2.60. The summed E-state index contributed by atoms with van der Waals surface area (Å²) in [6, 6.07) is 8.71. The minimum atomic E-state index is -0.477. The zero-order valence-electron chi connectivity index (χ0n) is 17.0. The van der Waals surface area contributed by atoms with Crippen LogP contribution in [0.15, 0.2) is 24.3 Å². The molecular weight excluding hydrogens is 348 g/mol. The van der Waals surface area contributed by atoms with Crippen molar-refractivity contribution in [2.24, 2.45) is 17.3 Å². The highest BCUT2D eigenvalue weighted by molar-refractivity contribution is 5.76. The molecule has 4 heteroatoms. The number of hydrogen-bond acceptors (Lipinski definition) is 3. The predicted octanol–water partition coefficient (Wildman–Crippen LogP) is 3.62. The summed E-state index contributed by atoms with van der Waals surface area (Å²) in [5.41, 5.74) is 2.11. The Kier molecular flexibility index (Phi) is 4.75. The molecule has 4 nitrogen and oxygen atoms in total. The van der Waals surface area contributed by atoms with E-state index in [0.29, 0.717) is 24.8 Å². The summed E-state index contributed by atoms with van der Waals surface area (Å²) in [4.78, 5) is 15.2. The number of nitrogens with zero attached hydrogens (tertiary/aromatic N) is 1. The van der Waals surface area contributed by atoms with Gasteiger partial charge in [0.1, 0.15) is 0 Å². The molecule has 0 spiro atoms. The Bertz CT molecular complexity index is 709. The Balaban J connectivity index is 1.13. The molecule has 0 aromatic heterocycles. The molecule has 1 aliphatic heterocycles. The average molecular weight is 383 g/mol. The maximum atomic E-state index is 12.7. The monoisotopic (exact) mass is 382 g/mol. The van der Waals surface area contributed by atoms with Gasteiger partial charge in [-0.1, -0.05) is 24.3 Å². The van der Waals surface area contributed by atoms with Gasteiger partial charge >= 0.3 is 0 Å². The molecule has 4 saturated carbocycles. The summed E-state index contributed by atoms with van der Waals surface area (Å²) >= 11 is 0. The summed E-state index contributed by atoms with van der Waals surface area (Å²) in [5, 5.41) is 14.0. The van der Waals surface area contributed by atoms with Crippen LogP contribution in [-0.4, -0.2) is 34.6 Å². The fourth-order valence-electron chi connectivity index (χ4n) is 7.17. The molecule has 28 heavy (non-hydrogen) atoms. The Morgan fingerprint density at radius 1 is 1.04 bits per heavy atom. The summed E-state index contributed by atoms with van der Waals surface area (Å²) < 4.78 is 0. The largest absolute Gasteiger partial charge is 0.390 e. The van der Waals surface area contributed by atoms with E-state index in [9.17, 15) is 9.90 Å². The molecule has 1 aromatic rings. The van der Waals surface area contributed by atoms with Crippen LogP contribution in [0.25, 0.3) is 0 Å². The molecule has 6 rings (SSSR count). The zero-order valence-corrected chi connectivity index (χ0v) is 17.0. The first-order valence-corrected chi connectivity index (χ1v) is 11.3. The van der Waals surface area contributed by atoms with Gasteiger partial charge in [-0.25, -0.2) is 0 Å². The molecule has 2 N–H and O–H groups in total. The van der Waals surface area contributed by atoms with Crippen molar-refractivity contribution in [3.63, 3.8) is 0 Å². The van der Waals surface area contributed by atoms with Crippen molar-refractivity contribution >= 4 is 5.91 Å². The summed E-state index contributed by atoms with van der Waals surface area (Å²) in [6.07, 6.45) is 9.58. The van der Waals surface area contributed by atoms with Crippen molar-refractivity contribution in [1.82, 2.24) is 10.2 Å². The molecule has 2 atom stereocenters. The summed E-state index contributed by atoms with van der Waals surface area (Å²) in [6.45, 7) is 4.09. The lowest BCUT2D eigenvalue weighted by atomic mass is 9.47. The second kappa shape index (κ2) is 7.14. The number of rotatable bonds is 6. The average Bonchev–Trinajstić information content (AvgIpc) is 3.11. The van der Waals surface area contributed by atoms with Crippen LogP contribution in [0.3, 0.4) is 0 Å². The van der Waals surface area contributed by atoms with Crippen molar-refractivity contribution in [3.8, 4) is 0 Å². The molecule has 5 fully saturated rings. The van der Waals surface area contributed by atoms with E-state index in [2.05, 4.69) is 34.5 Å². The number of amides is 1. The van der Waals surface area contributed by atoms with Crippen LogP contribution in [0.2, 0.25) is 0 Å². The van der Waals surface area contributed by atoms with Gasteiger partial charge in [-0.15, -0.1) is 0 Å². The Labute approximate surface area is 168 Å². The maximum Gasteiger partial charge on any atom is 0.220 e. The van der Waals surface area contributed by atoms with Gasteiger partial charge in [0.15, 0.2) is 0 Å². The van der Waals surface area contributed by atoms with E-state index in [0.717, 1.165) is 38.6 Å². The van der Waals surface area contributed by atoms with Crippen LogP contribution in [0.4, 0.5) is 0 Å². The van der Waals surface area contributed by atoms with E-state index in [1.807, 2.05) is 0 Å². The molecule has 1 saturated heterocycles.